The van der Waals surface area contributed by atoms with Crippen LogP contribution in [0.2, 0.25) is 15.1 Å². The largest absolute Gasteiger partial charge is 0.481 e. The van der Waals surface area contributed by atoms with E-state index in [4.69, 9.17) is 39.5 Å². The highest BCUT2D eigenvalue weighted by Gasteiger charge is 2.17. The van der Waals surface area contributed by atoms with Crippen LogP contribution in [0.5, 0.6) is 5.75 Å². The van der Waals surface area contributed by atoms with E-state index in [1.807, 2.05) is 18.2 Å². The lowest BCUT2D eigenvalue weighted by Crippen LogP contribution is -2.30. The van der Waals surface area contributed by atoms with E-state index in [0.29, 0.717) is 26.5 Å². The summed E-state index contributed by atoms with van der Waals surface area (Å²) in [7, 11) is 0. The molecule has 3 nitrogen and oxygen atoms in total. The van der Waals surface area contributed by atoms with Crippen LogP contribution in [0, 0.1) is 0 Å². The molecule has 1 N–H and O–H groups in total. The molecular formula is C15H12Cl3NO2. The summed E-state index contributed by atoms with van der Waals surface area (Å²) in [6, 6.07) is 12.0. The lowest BCUT2D eigenvalue weighted by molar-refractivity contribution is -0.122. The third-order valence-electron chi connectivity index (χ3n) is 2.69. The number of benzene rings is 2. The molecule has 0 saturated heterocycles. The molecule has 110 valence electrons. The molecule has 0 fully saturated rings. The summed E-state index contributed by atoms with van der Waals surface area (Å²) in [4.78, 5) is 12.1. The van der Waals surface area contributed by atoms with Crippen molar-refractivity contribution < 1.29 is 9.53 Å². The van der Waals surface area contributed by atoms with Crippen LogP contribution in [-0.4, -0.2) is 12.0 Å². The van der Waals surface area contributed by atoms with Crippen molar-refractivity contribution in [3.05, 3.63) is 57.5 Å². The van der Waals surface area contributed by atoms with Crippen molar-refractivity contribution >= 4 is 46.4 Å². The van der Waals surface area contributed by atoms with Crippen LogP contribution in [0.25, 0.3) is 0 Å². The molecule has 0 aliphatic carbocycles. The Hall–Kier alpha value is -1.42. The van der Waals surface area contributed by atoms with Gasteiger partial charge in [0.15, 0.2) is 6.10 Å². The Morgan fingerprint density at radius 1 is 1.05 bits per heavy atom. The second kappa shape index (κ2) is 7.03. The van der Waals surface area contributed by atoms with Crippen molar-refractivity contribution in [1.29, 1.82) is 0 Å². The zero-order valence-corrected chi connectivity index (χ0v) is 13.3. The molecule has 0 aliphatic rings. The van der Waals surface area contributed by atoms with Gasteiger partial charge < -0.3 is 10.1 Å². The van der Waals surface area contributed by atoms with Gasteiger partial charge in [-0.05, 0) is 31.2 Å². The van der Waals surface area contributed by atoms with Crippen LogP contribution in [0.4, 0.5) is 5.69 Å². The summed E-state index contributed by atoms with van der Waals surface area (Å²) in [6.45, 7) is 1.65. The Bertz CT molecular complexity index is 647. The highest BCUT2D eigenvalue weighted by atomic mass is 35.5. The van der Waals surface area contributed by atoms with Crippen molar-refractivity contribution in [2.24, 2.45) is 0 Å². The molecule has 0 radical (unpaired) electrons. The molecule has 0 aliphatic heterocycles. The topological polar surface area (TPSA) is 38.3 Å². The summed E-state index contributed by atoms with van der Waals surface area (Å²) >= 11 is 17.8. The monoisotopic (exact) mass is 343 g/mol. The molecule has 0 heterocycles. The molecule has 0 spiro atoms. The first-order chi connectivity index (χ1) is 9.97. The molecule has 6 heteroatoms. The maximum Gasteiger partial charge on any atom is 0.265 e. The third kappa shape index (κ3) is 4.27. The lowest BCUT2D eigenvalue weighted by Gasteiger charge is -2.15. The average molecular weight is 345 g/mol. The Morgan fingerprint density at radius 3 is 2.33 bits per heavy atom. The first kappa shape index (κ1) is 16.0. The van der Waals surface area contributed by atoms with Gasteiger partial charge >= 0.3 is 0 Å². The fourth-order valence-electron chi connectivity index (χ4n) is 1.61. The van der Waals surface area contributed by atoms with Crippen LogP contribution < -0.4 is 10.1 Å². The number of hydrogen-bond donors (Lipinski definition) is 1. The van der Waals surface area contributed by atoms with Gasteiger partial charge in [0.25, 0.3) is 5.91 Å². The number of halogens is 3. The zero-order valence-electron chi connectivity index (χ0n) is 11.1. The van der Waals surface area contributed by atoms with Gasteiger partial charge in [-0.15, -0.1) is 0 Å². The number of anilines is 1. The predicted octanol–water partition coefficient (Wildman–Crippen LogP) is 5.05. The molecule has 0 bridgehead atoms. The minimum Gasteiger partial charge on any atom is -0.481 e. The molecule has 0 unspecified atom stereocenters. The highest BCUT2D eigenvalue weighted by Crippen LogP contribution is 2.32. The molecule has 2 rings (SSSR count). The minimum atomic E-state index is -0.682. The van der Waals surface area contributed by atoms with Gasteiger partial charge in [-0.1, -0.05) is 53.0 Å². The summed E-state index contributed by atoms with van der Waals surface area (Å²) in [5.74, 6) is 0.277. The zero-order chi connectivity index (χ0) is 15.4. The normalized spacial score (nSPS) is 11.8. The molecule has 0 saturated carbocycles. The predicted molar refractivity (Wildman–Crippen MR) is 86.6 cm³/mol. The van der Waals surface area contributed by atoms with Gasteiger partial charge in [0, 0.05) is 0 Å². The van der Waals surface area contributed by atoms with E-state index in [1.165, 1.54) is 12.1 Å². The molecule has 2 aromatic carbocycles. The van der Waals surface area contributed by atoms with Crippen molar-refractivity contribution in [3.8, 4) is 5.75 Å². The van der Waals surface area contributed by atoms with Crippen molar-refractivity contribution in [2.45, 2.75) is 13.0 Å². The fourth-order valence-corrected chi connectivity index (χ4v) is 2.20. The first-order valence-corrected chi connectivity index (χ1v) is 7.28. The summed E-state index contributed by atoms with van der Waals surface area (Å²) < 4.78 is 5.53. The lowest BCUT2D eigenvalue weighted by atomic mass is 10.3. The molecule has 2 aromatic rings. The number of hydrogen-bond acceptors (Lipinski definition) is 2. The van der Waals surface area contributed by atoms with Gasteiger partial charge in [-0.25, -0.2) is 0 Å². The quantitative estimate of drug-likeness (QED) is 0.788. The SMILES string of the molecule is C[C@H](Oc1ccccc1)C(=O)Nc1cc(Cl)c(Cl)cc1Cl. The number of ether oxygens (including phenoxy) is 1. The molecular weight excluding hydrogens is 333 g/mol. The second-order valence-electron chi connectivity index (χ2n) is 4.31. The fraction of sp³-hybridized carbons (Fsp3) is 0.133. The number of amides is 1. The maximum absolute atomic E-state index is 12.1. The summed E-state index contributed by atoms with van der Waals surface area (Å²) in [5, 5.41) is 3.61. The maximum atomic E-state index is 12.1. The van der Waals surface area contributed by atoms with E-state index < -0.39 is 6.10 Å². The van der Waals surface area contributed by atoms with Crippen LogP contribution in [0.15, 0.2) is 42.5 Å². The van der Waals surface area contributed by atoms with E-state index in [9.17, 15) is 4.79 Å². The number of nitrogens with one attached hydrogen (secondary N) is 1. The summed E-state index contributed by atoms with van der Waals surface area (Å²) in [6.07, 6.45) is -0.682. The summed E-state index contributed by atoms with van der Waals surface area (Å²) in [5.41, 5.74) is 0.388. The number of carbonyl (C=O) groups excluding carboxylic acids is 1. The van der Waals surface area contributed by atoms with Crippen LogP contribution in [0.3, 0.4) is 0 Å². The Morgan fingerprint density at radius 2 is 1.67 bits per heavy atom. The van der Waals surface area contributed by atoms with Crippen LogP contribution in [0.1, 0.15) is 6.92 Å². The van der Waals surface area contributed by atoms with E-state index in [2.05, 4.69) is 5.32 Å². The van der Waals surface area contributed by atoms with Crippen LogP contribution in [-0.2, 0) is 4.79 Å². The van der Waals surface area contributed by atoms with E-state index >= 15 is 0 Å². The van der Waals surface area contributed by atoms with Gasteiger partial charge in [-0.3, -0.25) is 4.79 Å². The van der Waals surface area contributed by atoms with Crippen molar-refractivity contribution in [1.82, 2.24) is 0 Å². The first-order valence-electron chi connectivity index (χ1n) is 6.14. The van der Waals surface area contributed by atoms with E-state index in [-0.39, 0.29) is 5.91 Å². The molecule has 1 atom stereocenters. The Labute approximate surface area is 137 Å². The number of rotatable bonds is 4. The van der Waals surface area contributed by atoms with Crippen molar-refractivity contribution in [3.63, 3.8) is 0 Å². The molecule has 1 amide bonds. The smallest absolute Gasteiger partial charge is 0.265 e. The van der Waals surface area contributed by atoms with Gasteiger partial charge in [-0.2, -0.15) is 0 Å². The average Bonchev–Trinajstić information content (AvgIpc) is 2.45. The molecule has 0 aromatic heterocycles. The Kier molecular flexibility index (Phi) is 5.34. The number of para-hydroxylation sites is 1. The minimum absolute atomic E-state index is 0.310. The standard InChI is InChI=1S/C15H12Cl3NO2/c1-9(21-10-5-3-2-4-6-10)15(20)19-14-8-12(17)11(16)7-13(14)18/h2-9H,1H3,(H,19,20)/t9-/m0/s1. The highest BCUT2D eigenvalue weighted by molar-refractivity contribution is 6.44. The second-order valence-corrected chi connectivity index (χ2v) is 5.53. The van der Waals surface area contributed by atoms with E-state index in [0.717, 1.165) is 0 Å². The van der Waals surface area contributed by atoms with Crippen molar-refractivity contribution in [2.75, 3.05) is 5.32 Å². The van der Waals surface area contributed by atoms with E-state index in [1.54, 1.807) is 19.1 Å². The van der Waals surface area contributed by atoms with Gasteiger partial charge in [0.1, 0.15) is 5.75 Å². The molecule has 21 heavy (non-hydrogen) atoms. The third-order valence-corrected chi connectivity index (χ3v) is 3.73. The Balaban J connectivity index is 2.06. The number of carbonyl (C=O) groups is 1. The van der Waals surface area contributed by atoms with Crippen LogP contribution >= 0.6 is 34.8 Å². The van der Waals surface area contributed by atoms with Gasteiger partial charge in [0.05, 0.1) is 20.8 Å². The van der Waals surface area contributed by atoms with Gasteiger partial charge in [0.2, 0.25) is 0 Å².